The number of imidazole rings is 1. The van der Waals surface area contributed by atoms with Crippen LogP contribution in [0, 0.1) is 0 Å². The van der Waals surface area contributed by atoms with Crippen molar-refractivity contribution in [2.24, 2.45) is 4.99 Å². The van der Waals surface area contributed by atoms with E-state index < -0.39 is 5.41 Å². The fourth-order valence-electron chi connectivity index (χ4n) is 4.36. The van der Waals surface area contributed by atoms with Crippen molar-refractivity contribution < 1.29 is 0 Å². The molecule has 0 spiro atoms. The Balaban J connectivity index is 1.61. The average Bonchev–Trinajstić information content (AvgIpc) is 3.62. The number of H-pyrrole nitrogens is 1. The van der Waals surface area contributed by atoms with Crippen molar-refractivity contribution in [1.29, 1.82) is 0 Å². The summed E-state index contributed by atoms with van der Waals surface area (Å²) in [5.74, 6) is 0.935. The van der Waals surface area contributed by atoms with Gasteiger partial charge in [-0.15, -0.1) is 10.2 Å². The molecule has 0 aliphatic carbocycles. The van der Waals surface area contributed by atoms with Crippen molar-refractivity contribution >= 4 is 6.21 Å². The van der Waals surface area contributed by atoms with Gasteiger partial charge in [0.1, 0.15) is 0 Å². The van der Waals surface area contributed by atoms with Crippen molar-refractivity contribution in [3.63, 3.8) is 0 Å². The van der Waals surface area contributed by atoms with Gasteiger partial charge in [-0.1, -0.05) is 42.7 Å². The molecule has 0 fully saturated rings. The lowest BCUT2D eigenvalue weighted by molar-refractivity contribution is 0.438. The standard InChI is InChI=1S/C22H25N11O/c1-3-6-18-14-31(20-26-29-30-33(20)4-2)21(34)32(18)15-22(9-11-23-12-10-22)17-8-5-7-16(13-17)19-24-27-28-25-19/h5,7-9,11-14H,3-4,6,10,15H2,1-2H3,(H,24,25,27,28). The van der Waals surface area contributed by atoms with Crippen LogP contribution in [0.5, 0.6) is 0 Å². The van der Waals surface area contributed by atoms with E-state index in [1.807, 2.05) is 42.1 Å². The summed E-state index contributed by atoms with van der Waals surface area (Å²) in [4.78, 5) is 18.0. The van der Waals surface area contributed by atoms with Gasteiger partial charge in [-0.3, -0.25) is 9.56 Å². The number of hydrogen-bond donors (Lipinski definition) is 1. The maximum atomic E-state index is 13.7. The fraction of sp³-hybridized carbons (Fsp3) is 0.364. The van der Waals surface area contributed by atoms with Crippen LogP contribution in [-0.2, 0) is 24.9 Å². The number of aryl methyl sites for hydroxylation is 2. The Morgan fingerprint density at radius 3 is 2.85 bits per heavy atom. The molecular weight excluding hydrogens is 434 g/mol. The summed E-state index contributed by atoms with van der Waals surface area (Å²) in [6.07, 6.45) is 9.91. The van der Waals surface area contributed by atoms with E-state index in [9.17, 15) is 4.79 Å². The number of tetrazole rings is 2. The number of aromatic nitrogens is 10. The molecule has 12 nitrogen and oxygen atoms in total. The maximum absolute atomic E-state index is 13.7. The molecule has 3 aromatic heterocycles. The minimum Gasteiger partial charge on any atom is -0.295 e. The molecule has 1 aromatic carbocycles. The SMILES string of the molecule is CCCc1cn(-c2nnnn2CC)c(=O)n1CC1(c2cccc(-c3nn[nH]n3)c2)C=CN=CC1. The lowest BCUT2D eigenvalue weighted by Gasteiger charge is -2.32. The molecule has 4 aromatic rings. The van der Waals surface area contributed by atoms with Gasteiger partial charge in [-0.05, 0) is 47.0 Å². The predicted octanol–water partition coefficient (Wildman–Crippen LogP) is 1.70. The highest BCUT2D eigenvalue weighted by Crippen LogP contribution is 2.35. The average molecular weight is 460 g/mol. The molecule has 0 bridgehead atoms. The Hall–Kier alpha value is -4.22. The minimum atomic E-state index is -0.476. The Morgan fingerprint density at radius 1 is 1.21 bits per heavy atom. The third-order valence-corrected chi connectivity index (χ3v) is 6.12. The third kappa shape index (κ3) is 3.76. The van der Waals surface area contributed by atoms with Crippen molar-refractivity contribution in [1.82, 2.24) is 50.0 Å². The first-order chi connectivity index (χ1) is 16.6. The first-order valence-corrected chi connectivity index (χ1v) is 11.3. The molecule has 1 N–H and O–H groups in total. The summed E-state index contributed by atoms with van der Waals surface area (Å²) in [5, 5.41) is 26.2. The number of nitrogens with zero attached hydrogens (tertiary/aromatic N) is 10. The van der Waals surface area contributed by atoms with Crippen LogP contribution in [-0.4, -0.2) is 56.2 Å². The smallest absolute Gasteiger partial charge is 0.295 e. The molecule has 1 unspecified atom stereocenters. The van der Waals surface area contributed by atoms with Crippen molar-refractivity contribution in [2.45, 2.75) is 51.6 Å². The Morgan fingerprint density at radius 2 is 2.12 bits per heavy atom. The van der Waals surface area contributed by atoms with Crippen molar-refractivity contribution in [3.8, 4) is 17.3 Å². The molecular formula is C22H25N11O. The zero-order valence-corrected chi connectivity index (χ0v) is 19.0. The molecule has 4 heterocycles. The Labute approximate surface area is 195 Å². The summed E-state index contributed by atoms with van der Waals surface area (Å²) < 4.78 is 4.99. The molecule has 1 aliphatic heterocycles. The van der Waals surface area contributed by atoms with Crippen LogP contribution in [0.2, 0.25) is 0 Å². The molecule has 1 atom stereocenters. The van der Waals surface area contributed by atoms with Gasteiger partial charge < -0.3 is 0 Å². The van der Waals surface area contributed by atoms with Gasteiger partial charge in [-0.25, -0.2) is 14.0 Å². The highest BCUT2D eigenvalue weighted by molar-refractivity contribution is 5.65. The Bertz CT molecular complexity index is 1390. The molecule has 0 saturated heterocycles. The van der Waals surface area contributed by atoms with Crippen molar-refractivity contribution in [2.75, 3.05) is 0 Å². The van der Waals surface area contributed by atoms with E-state index in [-0.39, 0.29) is 5.69 Å². The molecule has 1 aliphatic rings. The minimum absolute atomic E-state index is 0.169. The van der Waals surface area contributed by atoms with Crippen LogP contribution in [0.25, 0.3) is 17.3 Å². The Kier molecular flexibility index (Phi) is 5.70. The zero-order valence-electron chi connectivity index (χ0n) is 19.0. The van der Waals surface area contributed by atoms with E-state index in [4.69, 9.17) is 0 Å². The normalized spacial score (nSPS) is 17.5. The molecule has 0 saturated carbocycles. The van der Waals surface area contributed by atoms with E-state index in [1.165, 1.54) is 0 Å². The summed E-state index contributed by atoms with van der Waals surface area (Å²) in [7, 11) is 0. The van der Waals surface area contributed by atoms with Gasteiger partial charge >= 0.3 is 5.69 Å². The largest absolute Gasteiger partial charge is 0.335 e. The second-order valence-corrected chi connectivity index (χ2v) is 8.23. The highest BCUT2D eigenvalue weighted by atomic mass is 16.2. The predicted molar refractivity (Wildman–Crippen MR) is 125 cm³/mol. The monoisotopic (exact) mass is 459 g/mol. The molecule has 174 valence electrons. The topological polar surface area (TPSA) is 137 Å². The molecule has 0 radical (unpaired) electrons. The first kappa shape index (κ1) is 21.6. The van der Waals surface area contributed by atoms with Crippen molar-refractivity contribution in [3.05, 3.63) is 64.5 Å². The van der Waals surface area contributed by atoms with Gasteiger partial charge in [0.05, 0.1) is 0 Å². The first-order valence-electron chi connectivity index (χ1n) is 11.3. The van der Waals surface area contributed by atoms with Crippen LogP contribution in [0.3, 0.4) is 0 Å². The quantitative estimate of drug-likeness (QED) is 0.423. The number of aromatic amines is 1. The summed E-state index contributed by atoms with van der Waals surface area (Å²) >= 11 is 0. The zero-order chi connectivity index (χ0) is 23.5. The van der Waals surface area contributed by atoms with E-state index in [0.717, 1.165) is 29.7 Å². The second-order valence-electron chi connectivity index (χ2n) is 8.23. The van der Waals surface area contributed by atoms with Gasteiger partial charge in [0.2, 0.25) is 5.82 Å². The number of rotatable bonds is 8. The summed E-state index contributed by atoms with van der Waals surface area (Å²) in [6, 6.07) is 8.02. The number of allylic oxidation sites excluding steroid dienone is 1. The van der Waals surface area contributed by atoms with Crippen LogP contribution < -0.4 is 5.69 Å². The van der Waals surface area contributed by atoms with E-state index in [2.05, 4.69) is 60.2 Å². The van der Waals surface area contributed by atoms with Crippen LogP contribution in [0.4, 0.5) is 0 Å². The summed E-state index contributed by atoms with van der Waals surface area (Å²) in [6.45, 7) is 5.04. The summed E-state index contributed by atoms with van der Waals surface area (Å²) in [5.41, 5.74) is 2.18. The molecule has 0 amide bonds. The second kappa shape index (κ2) is 8.96. The number of benzene rings is 1. The highest BCUT2D eigenvalue weighted by Gasteiger charge is 2.33. The van der Waals surface area contributed by atoms with Crippen LogP contribution >= 0.6 is 0 Å². The molecule has 12 heteroatoms. The van der Waals surface area contributed by atoms with Gasteiger partial charge in [0, 0.05) is 48.4 Å². The third-order valence-electron chi connectivity index (χ3n) is 6.12. The van der Waals surface area contributed by atoms with Crippen LogP contribution in [0.15, 0.2) is 52.5 Å². The van der Waals surface area contributed by atoms with Gasteiger partial charge in [-0.2, -0.15) is 5.21 Å². The van der Waals surface area contributed by atoms with Crippen LogP contribution in [0.1, 0.15) is 37.9 Å². The van der Waals surface area contributed by atoms with E-state index in [0.29, 0.717) is 31.3 Å². The van der Waals surface area contributed by atoms with Gasteiger partial charge in [0.25, 0.3) is 5.95 Å². The van der Waals surface area contributed by atoms with E-state index >= 15 is 0 Å². The maximum Gasteiger partial charge on any atom is 0.335 e. The van der Waals surface area contributed by atoms with Gasteiger partial charge in [0.15, 0.2) is 0 Å². The lowest BCUT2D eigenvalue weighted by atomic mass is 9.76. The number of aliphatic imine (C=N–C) groups is 1. The van der Waals surface area contributed by atoms with E-state index in [1.54, 1.807) is 15.4 Å². The number of hydrogen-bond acceptors (Lipinski definition) is 8. The molecule has 34 heavy (non-hydrogen) atoms. The molecule has 5 rings (SSSR count). The fourth-order valence-corrected chi connectivity index (χ4v) is 4.36. The number of nitrogens with one attached hydrogen (secondary N) is 1. The lowest BCUT2D eigenvalue weighted by Crippen LogP contribution is -2.37.